The van der Waals surface area contributed by atoms with E-state index in [9.17, 15) is 4.79 Å². The first-order valence-corrected chi connectivity index (χ1v) is 8.27. The van der Waals surface area contributed by atoms with Crippen molar-refractivity contribution in [1.82, 2.24) is 36.2 Å². The number of carbonyl (C=O) groups is 1. The first-order chi connectivity index (χ1) is 12.6. The Labute approximate surface area is 149 Å². The van der Waals surface area contributed by atoms with Gasteiger partial charge >= 0.3 is 0 Å². The molecule has 11 nitrogen and oxygen atoms in total. The highest BCUT2D eigenvalue weighted by atomic mass is 16.6. The van der Waals surface area contributed by atoms with Crippen LogP contribution in [0.15, 0.2) is 28.6 Å². The zero-order valence-electron chi connectivity index (χ0n) is 14.7. The van der Waals surface area contributed by atoms with Crippen LogP contribution in [0.4, 0.5) is 5.82 Å². The molecule has 0 saturated heterocycles. The first-order valence-electron chi connectivity index (χ1n) is 8.27. The standard InChI is InChI=1S/C15H21N9O2/c1-23(2)9-11-12(18-22-24(11)14-13(16)20-26-21-14)15(25)19-17-8-10-6-4-3-5-7-10/h3-4,8,17H,5-7,9H2,1-2H3,(H2,16,20)(H,19,25)/p+1/b10-8+. The molecule has 3 rings (SSSR count). The molecule has 5 N–H and O–H groups in total. The molecule has 1 amide bonds. The summed E-state index contributed by atoms with van der Waals surface area (Å²) in [5, 5.41) is 15.2. The van der Waals surface area contributed by atoms with Crippen LogP contribution in [0.5, 0.6) is 0 Å². The van der Waals surface area contributed by atoms with E-state index in [0.29, 0.717) is 12.2 Å². The number of nitrogens with one attached hydrogen (secondary N) is 3. The van der Waals surface area contributed by atoms with Gasteiger partial charge in [-0.05, 0) is 35.1 Å². The molecule has 0 aromatic carbocycles. The van der Waals surface area contributed by atoms with Crippen molar-refractivity contribution in [3.63, 3.8) is 0 Å². The number of amides is 1. The predicted molar refractivity (Wildman–Crippen MR) is 91.8 cm³/mol. The van der Waals surface area contributed by atoms with Gasteiger partial charge in [-0.2, -0.15) is 4.68 Å². The number of nitrogens with zero attached hydrogens (tertiary/aromatic N) is 5. The number of carbonyl (C=O) groups excluding carboxylic acids is 1. The van der Waals surface area contributed by atoms with Crippen molar-refractivity contribution < 1.29 is 14.3 Å². The van der Waals surface area contributed by atoms with Gasteiger partial charge in [0.25, 0.3) is 5.91 Å². The summed E-state index contributed by atoms with van der Waals surface area (Å²) in [5.41, 5.74) is 13.2. The quantitative estimate of drug-likeness (QED) is 0.369. The van der Waals surface area contributed by atoms with Gasteiger partial charge in [-0.1, -0.05) is 17.4 Å². The highest BCUT2D eigenvalue weighted by Gasteiger charge is 2.25. The number of rotatable bonds is 6. The summed E-state index contributed by atoms with van der Waals surface area (Å²) in [6, 6.07) is 0. The molecule has 0 spiro atoms. The van der Waals surface area contributed by atoms with Crippen molar-refractivity contribution >= 4 is 11.7 Å². The van der Waals surface area contributed by atoms with Crippen molar-refractivity contribution in [3.05, 3.63) is 35.3 Å². The van der Waals surface area contributed by atoms with Crippen LogP contribution >= 0.6 is 0 Å². The van der Waals surface area contributed by atoms with Gasteiger partial charge in [0.05, 0.1) is 14.1 Å². The Balaban J connectivity index is 1.78. The van der Waals surface area contributed by atoms with Crippen LogP contribution in [0.25, 0.3) is 5.82 Å². The van der Waals surface area contributed by atoms with E-state index in [1.54, 1.807) is 0 Å². The molecule has 11 heteroatoms. The van der Waals surface area contributed by atoms with Gasteiger partial charge < -0.3 is 16.1 Å². The lowest BCUT2D eigenvalue weighted by molar-refractivity contribution is -0.873. The van der Waals surface area contributed by atoms with Crippen LogP contribution in [-0.4, -0.2) is 45.3 Å². The van der Waals surface area contributed by atoms with Gasteiger partial charge in [-0.25, -0.2) is 4.63 Å². The predicted octanol–water partition coefficient (Wildman–Crippen LogP) is -1.26. The summed E-state index contributed by atoms with van der Waals surface area (Å²) in [6.45, 7) is 0.480. The maximum Gasteiger partial charge on any atom is 0.292 e. The van der Waals surface area contributed by atoms with Gasteiger partial charge in [0.2, 0.25) is 11.6 Å². The fraction of sp³-hybridized carbons (Fsp3) is 0.400. The smallest absolute Gasteiger partial charge is 0.292 e. The topological polar surface area (TPSA) is 141 Å². The zero-order valence-corrected chi connectivity index (χ0v) is 14.7. The van der Waals surface area contributed by atoms with Crippen LogP contribution in [0.1, 0.15) is 35.4 Å². The first kappa shape index (κ1) is 17.6. The Morgan fingerprint density at radius 3 is 2.92 bits per heavy atom. The Morgan fingerprint density at radius 1 is 1.42 bits per heavy atom. The van der Waals surface area contributed by atoms with Gasteiger partial charge in [0, 0.05) is 6.20 Å². The second-order valence-corrected chi connectivity index (χ2v) is 6.27. The summed E-state index contributed by atoms with van der Waals surface area (Å²) < 4.78 is 5.99. The normalized spacial score (nSPS) is 15.6. The second kappa shape index (κ2) is 7.78. The average molecular weight is 360 g/mol. The monoisotopic (exact) mass is 360 g/mol. The molecule has 0 unspecified atom stereocenters. The van der Waals surface area contributed by atoms with E-state index in [1.807, 2.05) is 20.3 Å². The largest absolute Gasteiger partial charge is 0.378 e. The SMILES string of the molecule is C[NH+](C)Cc1c(C(=O)NN/C=C2\CC=CCC2)nnn1-c1nonc1N. The number of hydrazine groups is 1. The summed E-state index contributed by atoms with van der Waals surface area (Å²) in [6.07, 6.45) is 8.93. The lowest BCUT2D eigenvalue weighted by Crippen LogP contribution is -3.04. The highest BCUT2D eigenvalue weighted by molar-refractivity contribution is 5.93. The van der Waals surface area contributed by atoms with Crippen molar-refractivity contribution in [2.24, 2.45) is 0 Å². The molecule has 2 heterocycles. The number of nitrogens with two attached hydrogens (primary N) is 1. The summed E-state index contributed by atoms with van der Waals surface area (Å²) >= 11 is 0. The van der Waals surface area contributed by atoms with Crippen molar-refractivity contribution in [1.29, 1.82) is 0 Å². The maximum absolute atomic E-state index is 12.5. The number of quaternary nitrogens is 1. The molecule has 0 fully saturated rings. The summed E-state index contributed by atoms with van der Waals surface area (Å²) in [7, 11) is 3.89. The maximum atomic E-state index is 12.5. The fourth-order valence-corrected chi connectivity index (χ4v) is 2.60. The minimum Gasteiger partial charge on any atom is -0.378 e. The molecule has 1 aliphatic rings. The Hall–Kier alpha value is -3.21. The number of allylic oxidation sites excluding steroid dienone is 3. The molecule has 26 heavy (non-hydrogen) atoms. The fourth-order valence-electron chi connectivity index (χ4n) is 2.60. The zero-order chi connectivity index (χ0) is 18.5. The minimum atomic E-state index is -0.397. The molecular formula is C15H22N9O2+. The Morgan fingerprint density at radius 2 is 2.27 bits per heavy atom. The molecule has 0 aliphatic heterocycles. The molecule has 0 bridgehead atoms. The van der Waals surface area contributed by atoms with E-state index >= 15 is 0 Å². The number of anilines is 1. The molecule has 138 valence electrons. The van der Waals surface area contributed by atoms with Crippen LogP contribution in [-0.2, 0) is 6.54 Å². The third kappa shape index (κ3) is 3.88. The number of nitrogen functional groups attached to an aromatic ring is 1. The molecule has 0 radical (unpaired) electrons. The minimum absolute atomic E-state index is 0.0741. The Kier molecular flexibility index (Phi) is 5.27. The lowest BCUT2D eigenvalue weighted by atomic mass is 10.0. The van der Waals surface area contributed by atoms with Crippen LogP contribution in [0.3, 0.4) is 0 Å². The Bertz CT molecular complexity index is 834. The number of aromatic nitrogens is 5. The van der Waals surface area contributed by atoms with E-state index in [0.717, 1.165) is 24.2 Å². The second-order valence-electron chi connectivity index (χ2n) is 6.27. The summed E-state index contributed by atoms with van der Waals surface area (Å²) in [4.78, 5) is 13.6. The van der Waals surface area contributed by atoms with Crippen molar-refractivity contribution in [2.75, 3.05) is 19.8 Å². The van der Waals surface area contributed by atoms with E-state index < -0.39 is 5.91 Å². The third-order valence-electron chi connectivity index (χ3n) is 3.84. The van der Waals surface area contributed by atoms with Gasteiger partial charge in [-0.3, -0.25) is 10.2 Å². The molecule has 2 aromatic heterocycles. The van der Waals surface area contributed by atoms with E-state index in [2.05, 4.69) is 48.3 Å². The lowest BCUT2D eigenvalue weighted by Gasteiger charge is -2.11. The highest BCUT2D eigenvalue weighted by Crippen LogP contribution is 2.16. The molecule has 2 aromatic rings. The van der Waals surface area contributed by atoms with Crippen molar-refractivity contribution in [2.45, 2.75) is 25.8 Å². The summed E-state index contributed by atoms with van der Waals surface area (Å²) in [5.74, 6) is -0.118. The van der Waals surface area contributed by atoms with Crippen LogP contribution in [0, 0.1) is 0 Å². The molecule has 1 aliphatic carbocycles. The van der Waals surface area contributed by atoms with Crippen LogP contribution in [0.2, 0.25) is 0 Å². The number of hydrogen-bond donors (Lipinski definition) is 4. The molecular weight excluding hydrogens is 338 g/mol. The van der Waals surface area contributed by atoms with Crippen LogP contribution < -0.4 is 21.5 Å². The van der Waals surface area contributed by atoms with Gasteiger partial charge in [0.1, 0.15) is 12.2 Å². The van der Waals surface area contributed by atoms with E-state index in [4.69, 9.17) is 5.73 Å². The average Bonchev–Trinajstić information content (AvgIpc) is 3.21. The molecule has 0 atom stereocenters. The molecule has 0 saturated carbocycles. The number of hydrogen-bond acceptors (Lipinski definition) is 8. The van der Waals surface area contributed by atoms with E-state index in [-0.39, 0.29) is 17.3 Å². The van der Waals surface area contributed by atoms with Crippen molar-refractivity contribution in [3.8, 4) is 5.82 Å². The van der Waals surface area contributed by atoms with E-state index in [1.165, 1.54) is 10.3 Å². The third-order valence-corrected chi connectivity index (χ3v) is 3.84. The van der Waals surface area contributed by atoms with Gasteiger partial charge in [-0.15, -0.1) is 5.10 Å². The van der Waals surface area contributed by atoms with Gasteiger partial charge in [0.15, 0.2) is 5.69 Å².